The largest absolute Gasteiger partial charge is 0.449 e. The molecule has 4 heteroatoms. The second-order valence-corrected chi connectivity index (χ2v) is 3.65. The first-order valence-corrected chi connectivity index (χ1v) is 5.60. The van der Waals surface area contributed by atoms with Crippen molar-refractivity contribution in [3.8, 4) is 0 Å². The van der Waals surface area contributed by atoms with Gasteiger partial charge in [-0.1, -0.05) is 12.1 Å². The van der Waals surface area contributed by atoms with Gasteiger partial charge in [-0.25, -0.2) is 4.79 Å². The summed E-state index contributed by atoms with van der Waals surface area (Å²) in [4.78, 5) is 13.5. The molecule has 2 rings (SSSR count). The van der Waals surface area contributed by atoms with Crippen LogP contribution in [0.25, 0.3) is 0 Å². The third-order valence-electron chi connectivity index (χ3n) is 2.56. The number of nitrogens with one attached hydrogen (secondary N) is 1. The Hall–Kier alpha value is -1.71. The van der Waals surface area contributed by atoms with Gasteiger partial charge >= 0.3 is 6.09 Å². The summed E-state index contributed by atoms with van der Waals surface area (Å²) in [6.45, 7) is 3.81. The summed E-state index contributed by atoms with van der Waals surface area (Å²) >= 11 is 0. The molecule has 0 spiro atoms. The van der Waals surface area contributed by atoms with Gasteiger partial charge in [0, 0.05) is 13.1 Å². The predicted octanol–water partition coefficient (Wildman–Crippen LogP) is 2.47. The van der Waals surface area contributed by atoms with Crippen molar-refractivity contribution in [1.82, 2.24) is 0 Å². The van der Waals surface area contributed by atoms with Crippen LogP contribution >= 0.6 is 0 Å². The standard InChI is InChI=1S/C12H16N2O2/c1-2-16-12(15)14-9-5-8-13-10-6-3-4-7-11(10)14/h3-4,6-7,13H,2,5,8-9H2,1H3. The van der Waals surface area contributed by atoms with Crippen LogP contribution in [0.15, 0.2) is 24.3 Å². The molecule has 0 fully saturated rings. The zero-order valence-corrected chi connectivity index (χ0v) is 9.40. The molecule has 0 radical (unpaired) electrons. The van der Waals surface area contributed by atoms with Crippen LogP contribution in [-0.2, 0) is 4.74 Å². The number of anilines is 2. The summed E-state index contributed by atoms with van der Waals surface area (Å²) in [5, 5.41) is 3.30. The summed E-state index contributed by atoms with van der Waals surface area (Å²) in [7, 11) is 0. The molecule has 0 atom stereocenters. The molecule has 16 heavy (non-hydrogen) atoms. The molecule has 1 heterocycles. The molecule has 0 saturated heterocycles. The maximum Gasteiger partial charge on any atom is 0.414 e. The minimum Gasteiger partial charge on any atom is -0.449 e. The number of hydrogen-bond donors (Lipinski definition) is 1. The fraction of sp³-hybridized carbons (Fsp3) is 0.417. The van der Waals surface area contributed by atoms with Crippen LogP contribution in [0.5, 0.6) is 0 Å². The van der Waals surface area contributed by atoms with Crippen LogP contribution in [0.4, 0.5) is 16.2 Å². The van der Waals surface area contributed by atoms with E-state index in [0.717, 1.165) is 24.3 Å². The Morgan fingerprint density at radius 2 is 2.31 bits per heavy atom. The molecule has 1 amide bonds. The molecule has 1 aliphatic rings. The van der Waals surface area contributed by atoms with E-state index in [1.165, 1.54) is 0 Å². The number of para-hydroxylation sites is 2. The third kappa shape index (κ3) is 2.10. The number of carbonyl (C=O) groups excluding carboxylic acids is 1. The molecule has 86 valence electrons. The Morgan fingerprint density at radius 1 is 1.50 bits per heavy atom. The molecule has 1 aliphatic heterocycles. The zero-order valence-electron chi connectivity index (χ0n) is 9.40. The van der Waals surface area contributed by atoms with E-state index >= 15 is 0 Å². The maximum atomic E-state index is 11.8. The van der Waals surface area contributed by atoms with Crippen molar-refractivity contribution >= 4 is 17.5 Å². The fourth-order valence-corrected chi connectivity index (χ4v) is 1.83. The Kier molecular flexibility index (Phi) is 3.29. The van der Waals surface area contributed by atoms with Crippen molar-refractivity contribution in [1.29, 1.82) is 0 Å². The van der Waals surface area contributed by atoms with Crippen molar-refractivity contribution in [2.24, 2.45) is 0 Å². The lowest BCUT2D eigenvalue weighted by atomic mass is 10.2. The maximum absolute atomic E-state index is 11.8. The van der Waals surface area contributed by atoms with E-state index in [1.54, 1.807) is 4.90 Å². The molecule has 0 aliphatic carbocycles. The van der Waals surface area contributed by atoms with Crippen LogP contribution in [0.3, 0.4) is 0 Å². The van der Waals surface area contributed by atoms with Crippen molar-refractivity contribution in [2.75, 3.05) is 29.9 Å². The molecule has 1 aromatic rings. The lowest BCUT2D eigenvalue weighted by Gasteiger charge is -2.21. The lowest BCUT2D eigenvalue weighted by Crippen LogP contribution is -2.32. The summed E-state index contributed by atoms with van der Waals surface area (Å²) in [6, 6.07) is 7.80. The van der Waals surface area contributed by atoms with Crippen molar-refractivity contribution in [2.45, 2.75) is 13.3 Å². The highest BCUT2D eigenvalue weighted by atomic mass is 16.6. The van der Waals surface area contributed by atoms with Gasteiger partial charge in [0.1, 0.15) is 0 Å². The number of nitrogens with zero attached hydrogens (tertiary/aromatic N) is 1. The number of fused-ring (bicyclic) bond motifs is 1. The number of ether oxygens (including phenoxy) is 1. The normalized spacial score (nSPS) is 14.7. The Balaban J connectivity index is 2.28. The van der Waals surface area contributed by atoms with Crippen LogP contribution in [-0.4, -0.2) is 25.8 Å². The molecule has 4 nitrogen and oxygen atoms in total. The number of benzene rings is 1. The SMILES string of the molecule is CCOC(=O)N1CCCNc2ccccc21. The van der Waals surface area contributed by atoms with Crippen molar-refractivity contribution in [3.05, 3.63) is 24.3 Å². The third-order valence-corrected chi connectivity index (χ3v) is 2.56. The topological polar surface area (TPSA) is 41.6 Å². The first-order chi connectivity index (χ1) is 7.83. The van der Waals surface area contributed by atoms with Gasteiger partial charge in [-0.05, 0) is 25.5 Å². The van der Waals surface area contributed by atoms with E-state index < -0.39 is 0 Å². The second kappa shape index (κ2) is 4.88. The van der Waals surface area contributed by atoms with Gasteiger partial charge in [0.2, 0.25) is 0 Å². The van der Waals surface area contributed by atoms with Crippen LogP contribution < -0.4 is 10.2 Å². The van der Waals surface area contributed by atoms with Gasteiger partial charge in [0.05, 0.1) is 18.0 Å². The van der Waals surface area contributed by atoms with E-state index in [4.69, 9.17) is 4.74 Å². The highest BCUT2D eigenvalue weighted by Crippen LogP contribution is 2.28. The Labute approximate surface area is 95.2 Å². The quantitative estimate of drug-likeness (QED) is 0.790. The van der Waals surface area contributed by atoms with Gasteiger partial charge in [0.25, 0.3) is 0 Å². The van der Waals surface area contributed by atoms with E-state index in [1.807, 2.05) is 31.2 Å². The molecule has 0 saturated carbocycles. The molecular formula is C12H16N2O2. The monoisotopic (exact) mass is 220 g/mol. The van der Waals surface area contributed by atoms with Crippen LogP contribution in [0.1, 0.15) is 13.3 Å². The molecule has 0 bridgehead atoms. The minimum atomic E-state index is -0.265. The van der Waals surface area contributed by atoms with Crippen LogP contribution in [0.2, 0.25) is 0 Å². The highest BCUT2D eigenvalue weighted by molar-refractivity contribution is 5.92. The minimum absolute atomic E-state index is 0.265. The zero-order chi connectivity index (χ0) is 11.4. The number of hydrogen-bond acceptors (Lipinski definition) is 3. The number of rotatable bonds is 1. The average molecular weight is 220 g/mol. The second-order valence-electron chi connectivity index (χ2n) is 3.65. The molecule has 0 aromatic heterocycles. The van der Waals surface area contributed by atoms with Gasteiger partial charge in [-0.2, -0.15) is 0 Å². The highest BCUT2D eigenvalue weighted by Gasteiger charge is 2.21. The number of carbonyl (C=O) groups is 1. The van der Waals surface area contributed by atoms with Crippen molar-refractivity contribution in [3.63, 3.8) is 0 Å². The van der Waals surface area contributed by atoms with Gasteiger partial charge in [-0.3, -0.25) is 4.90 Å². The van der Waals surface area contributed by atoms with Crippen LogP contribution in [0, 0.1) is 0 Å². The summed E-state index contributed by atoms with van der Waals surface area (Å²) < 4.78 is 5.05. The van der Waals surface area contributed by atoms with Gasteiger partial charge < -0.3 is 10.1 Å². The van der Waals surface area contributed by atoms with Gasteiger partial charge in [-0.15, -0.1) is 0 Å². The molecule has 1 aromatic carbocycles. The van der Waals surface area contributed by atoms with E-state index in [9.17, 15) is 4.79 Å². The smallest absolute Gasteiger partial charge is 0.414 e. The van der Waals surface area contributed by atoms with E-state index in [-0.39, 0.29) is 6.09 Å². The summed E-state index contributed by atoms with van der Waals surface area (Å²) in [5.41, 5.74) is 1.89. The van der Waals surface area contributed by atoms with Gasteiger partial charge in [0.15, 0.2) is 0 Å². The predicted molar refractivity (Wildman–Crippen MR) is 63.9 cm³/mol. The van der Waals surface area contributed by atoms with E-state index in [0.29, 0.717) is 13.2 Å². The van der Waals surface area contributed by atoms with Crippen molar-refractivity contribution < 1.29 is 9.53 Å². The summed E-state index contributed by atoms with van der Waals surface area (Å²) in [6.07, 6.45) is 0.659. The lowest BCUT2D eigenvalue weighted by molar-refractivity contribution is 0.160. The summed E-state index contributed by atoms with van der Waals surface area (Å²) in [5.74, 6) is 0. The van der Waals surface area contributed by atoms with E-state index in [2.05, 4.69) is 5.32 Å². The molecular weight excluding hydrogens is 204 g/mol. The first kappa shape index (κ1) is 10.8. The molecule has 1 N–H and O–H groups in total. The fourth-order valence-electron chi connectivity index (χ4n) is 1.83. The molecule has 0 unspecified atom stereocenters. The average Bonchev–Trinajstić information content (AvgIpc) is 2.51. The Morgan fingerprint density at radius 3 is 3.12 bits per heavy atom. The first-order valence-electron chi connectivity index (χ1n) is 5.60. The number of amides is 1. The Bertz CT molecular complexity index is 379.